The molecule has 1 rings (SSSR count). The third-order valence-electron chi connectivity index (χ3n) is 3.23. The summed E-state index contributed by atoms with van der Waals surface area (Å²) in [5.41, 5.74) is -0.790. The van der Waals surface area contributed by atoms with Crippen LogP contribution < -0.4 is 0 Å². The Morgan fingerprint density at radius 1 is 1.50 bits per heavy atom. The van der Waals surface area contributed by atoms with Gasteiger partial charge in [-0.2, -0.15) is 0 Å². The van der Waals surface area contributed by atoms with Gasteiger partial charge >= 0.3 is 6.09 Å². The number of aliphatic hydroxyl groups is 1. The second-order valence-electron chi connectivity index (χ2n) is 5.95. The monoisotopic (exact) mass is 229 g/mol. The summed E-state index contributed by atoms with van der Waals surface area (Å²) in [4.78, 5) is 13.7. The third-order valence-corrected chi connectivity index (χ3v) is 3.23. The van der Waals surface area contributed by atoms with E-state index < -0.39 is 5.60 Å². The van der Waals surface area contributed by atoms with Crippen LogP contribution in [0.3, 0.4) is 0 Å². The number of likely N-dealkylation sites (tertiary alicyclic amines) is 1. The Bertz CT molecular complexity index is 268. The summed E-state index contributed by atoms with van der Waals surface area (Å²) in [6.45, 7) is 10.3. The van der Waals surface area contributed by atoms with E-state index in [0.29, 0.717) is 6.54 Å². The maximum absolute atomic E-state index is 12.0. The molecule has 1 heterocycles. The smallest absolute Gasteiger partial charge is 0.410 e. The van der Waals surface area contributed by atoms with Gasteiger partial charge in [-0.1, -0.05) is 0 Å². The second-order valence-corrected chi connectivity index (χ2v) is 5.95. The van der Waals surface area contributed by atoms with Crippen molar-refractivity contribution in [1.29, 1.82) is 0 Å². The molecule has 1 aliphatic heterocycles. The van der Waals surface area contributed by atoms with Crippen LogP contribution in [0.15, 0.2) is 0 Å². The van der Waals surface area contributed by atoms with Crippen LogP contribution in [0.1, 0.15) is 41.0 Å². The van der Waals surface area contributed by atoms with Crippen molar-refractivity contribution in [3.8, 4) is 0 Å². The lowest BCUT2D eigenvalue weighted by Crippen LogP contribution is -2.48. The zero-order valence-corrected chi connectivity index (χ0v) is 10.9. The first kappa shape index (κ1) is 13.3. The third kappa shape index (κ3) is 2.67. The summed E-state index contributed by atoms with van der Waals surface area (Å²) in [5, 5.41) is 9.25. The topological polar surface area (TPSA) is 49.8 Å². The molecule has 1 fully saturated rings. The quantitative estimate of drug-likeness (QED) is 0.748. The Kier molecular flexibility index (Phi) is 3.53. The highest BCUT2D eigenvalue weighted by Gasteiger charge is 2.44. The lowest BCUT2D eigenvalue weighted by Gasteiger charge is -2.36. The minimum atomic E-state index is -0.468. The number of ether oxygens (including phenoxy) is 1. The molecule has 1 amide bonds. The lowest BCUT2D eigenvalue weighted by molar-refractivity contribution is 0.00598. The zero-order valence-electron chi connectivity index (χ0n) is 10.9. The van der Waals surface area contributed by atoms with Crippen molar-refractivity contribution in [2.75, 3.05) is 13.2 Å². The van der Waals surface area contributed by atoms with Crippen LogP contribution >= 0.6 is 0 Å². The summed E-state index contributed by atoms with van der Waals surface area (Å²) in [5.74, 6) is 0.139. The van der Waals surface area contributed by atoms with Crippen LogP contribution in [-0.2, 0) is 4.74 Å². The summed E-state index contributed by atoms with van der Waals surface area (Å²) in [6.07, 6.45) is 0.552. The van der Waals surface area contributed by atoms with Crippen molar-refractivity contribution in [3.05, 3.63) is 0 Å². The normalized spacial score (nSPS) is 24.6. The van der Waals surface area contributed by atoms with E-state index in [1.165, 1.54) is 0 Å². The summed E-state index contributed by atoms with van der Waals surface area (Å²) in [6, 6.07) is 0. The van der Waals surface area contributed by atoms with Crippen molar-refractivity contribution >= 4 is 6.09 Å². The first-order valence-corrected chi connectivity index (χ1v) is 5.80. The molecule has 0 radical (unpaired) electrons. The van der Waals surface area contributed by atoms with E-state index >= 15 is 0 Å². The van der Waals surface area contributed by atoms with Gasteiger partial charge in [0.05, 0.1) is 0 Å². The first-order chi connectivity index (χ1) is 7.18. The number of hydrogen-bond donors (Lipinski definition) is 1. The number of amides is 1. The van der Waals surface area contributed by atoms with E-state index in [9.17, 15) is 9.90 Å². The number of nitrogens with zero attached hydrogens (tertiary/aromatic N) is 1. The number of carbonyl (C=O) groups excluding carboxylic acids is 1. The minimum absolute atomic E-state index is 0.117. The van der Waals surface area contributed by atoms with Gasteiger partial charge in [-0.25, -0.2) is 4.79 Å². The fourth-order valence-corrected chi connectivity index (χ4v) is 2.10. The molecular weight excluding hydrogens is 206 g/mol. The molecule has 4 nitrogen and oxygen atoms in total. The molecule has 1 saturated heterocycles. The van der Waals surface area contributed by atoms with Gasteiger partial charge in [-0.05, 0) is 41.0 Å². The van der Waals surface area contributed by atoms with Gasteiger partial charge in [0.1, 0.15) is 5.60 Å². The molecule has 1 atom stereocenters. The molecule has 0 aromatic rings. The number of carbonyl (C=O) groups is 1. The number of rotatable bonds is 1. The van der Waals surface area contributed by atoms with Crippen molar-refractivity contribution in [2.45, 2.75) is 52.2 Å². The largest absolute Gasteiger partial charge is 0.444 e. The molecule has 0 spiro atoms. The molecule has 1 N–H and O–H groups in total. The summed E-state index contributed by atoms with van der Waals surface area (Å²) >= 11 is 0. The van der Waals surface area contributed by atoms with E-state index in [4.69, 9.17) is 4.74 Å². The molecule has 1 aliphatic rings. The van der Waals surface area contributed by atoms with E-state index in [-0.39, 0.29) is 24.2 Å². The van der Waals surface area contributed by atoms with Crippen LogP contribution in [0.25, 0.3) is 0 Å². The Balaban J connectivity index is 2.72. The standard InChI is InChI=1S/C12H23NO3/c1-11(2,3)16-10(15)13-7-6-9(8-14)12(13,4)5/h9,14H,6-8H2,1-5H3. The van der Waals surface area contributed by atoms with Gasteiger partial charge in [0.2, 0.25) is 0 Å². The fourth-order valence-electron chi connectivity index (χ4n) is 2.10. The molecule has 94 valence electrons. The number of hydrogen-bond acceptors (Lipinski definition) is 3. The molecule has 0 saturated carbocycles. The van der Waals surface area contributed by atoms with E-state index in [1.807, 2.05) is 34.6 Å². The van der Waals surface area contributed by atoms with E-state index in [2.05, 4.69) is 0 Å². The second kappa shape index (κ2) is 4.24. The van der Waals surface area contributed by atoms with Gasteiger partial charge in [0, 0.05) is 24.6 Å². The van der Waals surface area contributed by atoms with Gasteiger partial charge in [-0.15, -0.1) is 0 Å². The van der Waals surface area contributed by atoms with Crippen LogP contribution in [0, 0.1) is 5.92 Å². The molecule has 0 aliphatic carbocycles. The maximum Gasteiger partial charge on any atom is 0.410 e. The molecule has 4 heteroatoms. The van der Waals surface area contributed by atoms with Gasteiger partial charge in [0.25, 0.3) is 0 Å². The Hall–Kier alpha value is -0.770. The Morgan fingerprint density at radius 2 is 2.06 bits per heavy atom. The van der Waals surface area contributed by atoms with Crippen molar-refractivity contribution < 1.29 is 14.6 Å². The predicted octanol–water partition coefficient (Wildman–Crippen LogP) is 2.01. The Labute approximate surface area is 97.6 Å². The van der Waals surface area contributed by atoms with Gasteiger partial charge in [0.15, 0.2) is 0 Å². The highest BCUT2D eigenvalue weighted by atomic mass is 16.6. The SMILES string of the molecule is CC(C)(C)OC(=O)N1CCC(CO)C1(C)C. The van der Waals surface area contributed by atoms with Crippen LogP contribution in [0.2, 0.25) is 0 Å². The molecular formula is C12H23NO3. The van der Waals surface area contributed by atoms with Crippen LogP contribution in [0.5, 0.6) is 0 Å². The average molecular weight is 229 g/mol. The molecule has 0 aromatic carbocycles. The summed E-state index contributed by atoms with van der Waals surface area (Å²) in [7, 11) is 0. The van der Waals surface area contributed by atoms with Crippen molar-refractivity contribution in [2.24, 2.45) is 5.92 Å². The number of aliphatic hydroxyl groups excluding tert-OH is 1. The van der Waals surface area contributed by atoms with Crippen LogP contribution in [-0.4, -0.2) is 40.4 Å². The zero-order chi connectivity index (χ0) is 12.6. The lowest BCUT2D eigenvalue weighted by atomic mass is 9.89. The van der Waals surface area contributed by atoms with Gasteiger partial charge < -0.3 is 14.7 Å². The Morgan fingerprint density at radius 3 is 2.44 bits per heavy atom. The predicted molar refractivity (Wildman–Crippen MR) is 62.2 cm³/mol. The molecule has 0 aromatic heterocycles. The highest BCUT2D eigenvalue weighted by molar-refractivity contribution is 5.69. The van der Waals surface area contributed by atoms with Crippen molar-refractivity contribution in [3.63, 3.8) is 0 Å². The van der Waals surface area contributed by atoms with E-state index in [1.54, 1.807) is 4.90 Å². The highest BCUT2D eigenvalue weighted by Crippen LogP contribution is 2.35. The minimum Gasteiger partial charge on any atom is -0.444 e. The van der Waals surface area contributed by atoms with Gasteiger partial charge in [-0.3, -0.25) is 0 Å². The maximum atomic E-state index is 12.0. The van der Waals surface area contributed by atoms with Crippen molar-refractivity contribution in [1.82, 2.24) is 4.90 Å². The van der Waals surface area contributed by atoms with E-state index in [0.717, 1.165) is 6.42 Å². The fraction of sp³-hybridized carbons (Fsp3) is 0.917. The average Bonchev–Trinajstić information content (AvgIpc) is 2.36. The molecule has 16 heavy (non-hydrogen) atoms. The first-order valence-electron chi connectivity index (χ1n) is 5.80. The summed E-state index contributed by atoms with van der Waals surface area (Å²) < 4.78 is 5.36. The molecule has 0 bridgehead atoms. The molecule has 1 unspecified atom stereocenters. The van der Waals surface area contributed by atoms with Crippen LogP contribution in [0.4, 0.5) is 4.79 Å².